The quantitative estimate of drug-likeness (QED) is 0.304. The van der Waals surface area contributed by atoms with E-state index < -0.39 is 11.5 Å². The zero-order chi connectivity index (χ0) is 21.0. The summed E-state index contributed by atoms with van der Waals surface area (Å²) in [6.07, 6.45) is 2.91. The highest BCUT2D eigenvalue weighted by atomic mass is 16.5. The number of benzene rings is 1. The number of nitrogens with zero attached hydrogens (tertiary/aromatic N) is 4. The monoisotopic (exact) mass is 398 g/mol. The Morgan fingerprint density at radius 2 is 2.00 bits per heavy atom. The van der Waals surface area contributed by atoms with Crippen LogP contribution in [-0.2, 0) is 0 Å². The third kappa shape index (κ3) is 4.24. The average Bonchev–Trinajstić information content (AvgIpc) is 3.34. The summed E-state index contributed by atoms with van der Waals surface area (Å²) in [5, 5.41) is 10.6. The van der Waals surface area contributed by atoms with Crippen molar-refractivity contribution < 1.29 is 18.4 Å². The Labute approximate surface area is 163 Å². The minimum atomic E-state index is -0.606. The first-order valence-corrected chi connectivity index (χ1v) is 8.31. The van der Waals surface area contributed by atoms with Crippen molar-refractivity contribution in [2.24, 2.45) is 16.1 Å². The fourth-order valence-corrected chi connectivity index (χ4v) is 2.47. The zero-order valence-corrected chi connectivity index (χ0v) is 15.9. The molecular weight excluding hydrogens is 380 g/mol. The maximum Gasteiger partial charge on any atom is 0.336 e. The number of fused-ring (bicyclic) bond motifs is 2. The standard InChI is InChI=1S/C12H8O4.C6H10N6O/c1-14-12-10-8(4-5-15-10)6-7-2-3-9(13)16-11(7)12;1-12(2)11-10-6-4(5(7)13)8-3-9-6/h2-6H,1H3;3H,1-2H3,(H2,7,13)(H,8,9). The number of hydrogen-bond donors (Lipinski definition) is 2. The predicted octanol–water partition coefficient (Wildman–Crippen LogP) is 2.62. The average molecular weight is 398 g/mol. The fourth-order valence-electron chi connectivity index (χ4n) is 2.47. The Bertz CT molecular complexity index is 1240. The number of ether oxygens (including phenoxy) is 1. The lowest BCUT2D eigenvalue weighted by Gasteiger charge is -2.03. The number of furan rings is 1. The molecule has 0 radical (unpaired) electrons. The second-order valence-electron chi connectivity index (χ2n) is 5.92. The van der Waals surface area contributed by atoms with Crippen LogP contribution >= 0.6 is 0 Å². The summed E-state index contributed by atoms with van der Waals surface area (Å²) in [4.78, 5) is 28.3. The van der Waals surface area contributed by atoms with Crippen LogP contribution in [0.15, 0.2) is 60.8 Å². The van der Waals surface area contributed by atoms with Gasteiger partial charge in [0, 0.05) is 30.9 Å². The van der Waals surface area contributed by atoms with E-state index in [1.165, 1.54) is 24.5 Å². The van der Waals surface area contributed by atoms with Crippen molar-refractivity contribution in [1.82, 2.24) is 15.0 Å². The van der Waals surface area contributed by atoms with E-state index in [4.69, 9.17) is 19.3 Å². The van der Waals surface area contributed by atoms with Crippen LogP contribution in [0.5, 0.6) is 5.75 Å². The number of rotatable bonds is 4. The smallest absolute Gasteiger partial charge is 0.336 e. The number of carbonyl (C=O) groups excluding carboxylic acids is 1. The minimum Gasteiger partial charge on any atom is -0.490 e. The normalized spacial score (nSPS) is 10.9. The maximum absolute atomic E-state index is 11.2. The van der Waals surface area contributed by atoms with Gasteiger partial charge in [-0.15, -0.1) is 5.11 Å². The Morgan fingerprint density at radius 3 is 2.69 bits per heavy atom. The van der Waals surface area contributed by atoms with Gasteiger partial charge in [-0.3, -0.25) is 9.80 Å². The lowest BCUT2D eigenvalue weighted by molar-refractivity contribution is 0.0996. The Hall–Kier alpha value is -4.15. The summed E-state index contributed by atoms with van der Waals surface area (Å²) in [6.45, 7) is 0. The number of primary amides is 1. The van der Waals surface area contributed by atoms with E-state index in [0.29, 0.717) is 16.9 Å². The first-order chi connectivity index (χ1) is 13.9. The molecule has 0 aliphatic rings. The van der Waals surface area contributed by atoms with Crippen LogP contribution in [0.3, 0.4) is 0 Å². The number of H-pyrrole nitrogens is 1. The Kier molecular flexibility index (Phi) is 5.58. The van der Waals surface area contributed by atoms with Crippen LogP contribution in [0.25, 0.3) is 21.9 Å². The van der Waals surface area contributed by atoms with Crippen LogP contribution in [0, 0.1) is 0 Å². The van der Waals surface area contributed by atoms with Crippen LogP contribution in [0.1, 0.15) is 10.5 Å². The molecule has 0 atom stereocenters. The molecule has 0 fully saturated rings. The lowest BCUT2D eigenvalue weighted by Crippen LogP contribution is -2.11. The second-order valence-corrected chi connectivity index (χ2v) is 5.92. The van der Waals surface area contributed by atoms with Gasteiger partial charge in [-0.05, 0) is 18.2 Å². The van der Waals surface area contributed by atoms with Crippen molar-refractivity contribution >= 4 is 33.7 Å². The number of hydrogen-bond acceptors (Lipinski definition) is 8. The molecule has 0 bridgehead atoms. The summed E-state index contributed by atoms with van der Waals surface area (Å²) < 4.78 is 15.6. The van der Waals surface area contributed by atoms with Gasteiger partial charge < -0.3 is 24.3 Å². The molecule has 1 amide bonds. The third-order valence-corrected chi connectivity index (χ3v) is 3.67. The predicted molar refractivity (Wildman–Crippen MR) is 104 cm³/mol. The molecule has 3 heterocycles. The van der Waals surface area contributed by atoms with Gasteiger partial charge in [0.05, 0.1) is 19.7 Å². The molecule has 1 aromatic carbocycles. The van der Waals surface area contributed by atoms with E-state index >= 15 is 0 Å². The van der Waals surface area contributed by atoms with E-state index in [2.05, 4.69) is 20.3 Å². The highest BCUT2D eigenvalue weighted by Crippen LogP contribution is 2.34. The topological polar surface area (TPSA) is 152 Å². The molecule has 0 unspecified atom stereocenters. The molecule has 4 aromatic rings. The van der Waals surface area contributed by atoms with Crippen molar-refractivity contribution in [2.75, 3.05) is 21.2 Å². The van der Waals surface area contributed by atoms with Gasteiger partial charge >= 0.3 is 5.63 Å². The van der Waals surface area contributed by atoms with E-state index in [1.54, 1.807) is 26.4 Å². The van der Waals surface area contributed by atoms with Crippen molar-refractivity contribution in [3.8, 4) is 5.75 Å². The van der Waals surface area contributed by atoms with Gasteiger partial charge in [0.1, 0.15) is 0 Å². The summed E-state index contributed by atoms with van der Waals surface area (Å²) in [7, 11) is 4.93. The van der Waals surface area contributed by atoms with Gasteiger partial charge in [0.25, 0.3) is 5.91 Å². The zero-order valence-electron chi connectivity index (χ0n) is 15.9. The number of nitrogens with two attached hydrogens (primary N) is 1. The van der Waals surface area contributed by atoms with Crippen LogP contribution in [0.4, 0.5) is 5.82 Å². The lowest BCUT2D eigenvalue weighted by atomic mass is 10.1. The number of aromatic amines is 1. The number of imidazole rings is 1. The van der Waals surface area contributed by atoms with Crippen molar-refractivity contribution in [2.45, 2.75) is 0 Å². The van der Waals surface area contributed by atoms with E-state index in [1.807, 2.05) is 12.1 Å². The highest BCUT2D eigenvalue weighted by Gasteiger charge is 2.13. The molecule has 150 valence electrons. The molecule has 0 saturated heterocycles. The molecule has 4 rings (SSSR count). The SMILES string of the molecule is CN(C)N=Nc1nc[nH]c1C(N)=O.COc1c2occc2cc2ccc(=O)oc12. The van der Waals surface area contributed by atoms with E-state index in [-0.39, 0.29) is 11.5 Å². The maximum atomic E-state index is 11.2. The molecule has 29 heavy (non-hydrogen) atoms. The largest absolute Gasteiger partial charge is 0.490 e. The third-order valence-electron chi connectivity index (χ3n) is 3.67. The number of carbonyl (C=O) groups is 1. The summed E-state index contributed by atoms with van der Waals surface area (Å²) in [5.74, 6) is 0.0432. The van der Waals surface area contributed by atoms with Crippen LogP contribution in [-0.4, -0.2) is 42.1 Å². The van der Waals surface area contributed by atoms with E-state index in [9.17, 15) is 9.59 Å². The molecule has 0 aliphatic carbocycles. The van der Waals surface area contributed by atoms with Crippen LogP contribution in [0.2, 0.25) is 0 Å². The first kappa shape index (κ1) is 19.6. The first-order valence-electron chi connectivity index (χ1n) is 8.31. The highest BCUT2D eigenvalue weighted by molar-refractivity contribution is 5.99. The summed E-state index contributed by atoms with van der Waals surface area (Å²) in [6, 6.07) is 6.81. The number of aromatic nitrogens is 2. The van der Waals surface area contributed by atoms with Crippen molar-refractivity contribution in [1.29, 1.82) is 0 Å². The van der Waals surface area contributed by atoms with Gasteiger partial charge in [-0.2, -0.15) is 0 Å². The summed E-state index contributed by atoms with van der Waals surface area (Å²) in [5.41, 5.74) is 5.79. The molecule has 11 nitrogen and oxygen atoms in total. The second kappa shape index (κ2) is 8.25. The molecule has 0 saturated carbocycles. The molecule has 3 N–H and O–H groups in total. The molecule has 0 spiro atoms. The molecule has 0 aliphatic heterocycles. The molecular formula is C18H18N6O5. The minimum absolute atomic E-state index is 0.158. The van der Waals surface area contributed by atoms with Crippen molar-refractivity contribution in [3.63, 3.8) is 0 Å². The Balaban J connectivity index is 0.000000170. The molecule has 11 heteroatoms. The summed E-state index contributed by atoms with van der Waals surface area (Å²) >= 11 is 0. The van der Waals surface area contributed by atoms with E-state index in [0.717, 1.165) is 10.8 Å². The van der Waals surface area contributed by atoms with Gasteiger partial charge in [0.15, 0.2) is 16.9 Å². The molecule has 3 aromatic heterocycles. The van der Waals surface area contributed by atoms with Crippen molar-refractivity contribution in [3.05, 3.63) is 53.0 Å². The van der Waals surface area contributed by atoms with Crippen LogP contribution < -0.4 is 16.1 Å². The number of methoxy groups -OCH3 is 1. The van der Waals surface area contributed by atoms with Gasteiger partial charge in [-0.1, -0.05) is 5.22 Å². The van der Waals surface area contributed by atoms with Gasteiger partial charge in [0.2, 0.25) is 11.6 Å². The number of amides is 1. The Morgan fingerprint density at radius 1 is 1.24 bits per heavy atom. The number of nitrogens with one attached hydrogen (secondary N) is 1. The van der Waals surface area contributed by atoms with Gasteiger partial charge in [-0.25, -0.2) is 9.78 Å². The fraction of sp³-hybridized carbons (Fsp3) is 0.167.